The van der Waals surface area contributed by atoms with E-state index in [4.69, 9.17) is 21.1 Å². The zero-order valence-corrected chi connectivity index (χ0v) is 14.4. The second-order valence-electron chi connectivity index (χ2n) is 4.59. The third kappa shape index (κ3) is 11.5. The average Bonchev–Trinajstić information content (AvgIpc) is 2.45. The maximum Gasteiger partial charge on any atom is 0.321 e. The van der Waals surface area contributed by atoms with Gasteiger partial charge in [-0.3, -0.25) is 9.59 Å². The molecule has 0 aliphatic heterocycles. The van der Waals surface area contributed by atoms with Crippen LogP contribution in [0.5, 0.6) is 0 Å². The Hall–Kier alpha value is -0.290. The van der Waals surface area contributed by atoms with E-state index >= 15 is 0 Å². The van der Waals surface area contributed by atoms with Gasteiger partial charge in [0, 0.05) is 5.33 Å². The standard InChI is InChI=1S/C14H24BrClO4/c1-2-3-4-5-6-7-8-19-13(17)9-12(10-15)20-14(18)11-16/h12H,2-11H2,1H3. The minimum atomic E-state index is -0.528. The van der Waals surface area contributed by atoms with Crippen LogP contribution in [0, 0.1) is 0 Å². The summed E-state index contributed by atoms with van der Waals surface area (Å²) in [7, 11) is 0. The fourth-order valence-electron chi connectivity index (χ4n) is 1.66. The third-order valence-electron chi connectivity index (χ3n) is 2.73. The van der Waals surface area contributed by atoms with Crippen molar-refractivity contribution in [1.82, 2.24) is 0 Å². The van der Waals surface area contributed by atoms with Gasteiger partial charge in [0.05, 0.1) is 13.0 Å². The molecule has 0 amide bonds. The van der Waals surface area contributed by atoms with Crippen molar-refractivity contribution < 1.29 is 19.1 Å². The van der Waals surface area contributed by atoms with E-state index in [2.05, 4.69) is 22.9 Å². The summed E-state index contributed by atoms with van der Waals surface area (Å²) in [4.78, 5) is 22.6. The Kier molecular flexibility index (Phi) is 13.5. The molecule has 0 saturated carbocycles. The summed E-state index contributed by atoms with van der Waals surface area (Å²) >= 11 is 8.53. The first-order valence-electron chi connectivity index (χ1n) is 7.11. The van der Waals surface area contributed by atoms with Crippen LogP contribution in [-0.4, -0.2) is 35.9 Å². The van der Waals surface area contributed by atoms with Crippen LogP contribution in [0.4, 0.5) is 0 Å². The quantitative estimate of drug-likeness (QED) is 0.297. The SMILES string of the molecule is CCCCCCCCOC(=O)CC(CBr)OC(=O)CCl. The van der Waals surface area contributed by atoms with Crippen molar-refractivity contribution in [3.8, 4) is 0 Å². The molecule has 0 aromatic rings. The molecule has 0 aromatic carbocycles. The molecule has 0 aromatic heterocycles. The lowest BCUT2D eigenvalue weighted by Crippen LogP contribution is -2.24. The third-order valence-corrected chi connectivity index (χ3v) is 3.67. The van der Waals surface area contributed by atoms with Gasteiger partial charge in [-0.25, -0.2) is 0 Å². The number of rotatable bonds is 12. The molecule has 0 saturated heterocycles. The average molecular weight is 372 g/mol. The highest BCUT2D eigenvalue weighted by molar-refractivity contribution is 9.09. The molecular formula is C14H24BrClO4. The van der Waals surface area contributed by atoms with E-state index in [1.165, 1.54) is 25.7 Å². The van der Waals surface area contributed by atoms with Crippen LogP contribution in [0.25, 0.3) is 0 Å². The molecule has 118 valence electrons. The summed E-state index contributed by atoms with van der Waals surface area (Å²) in [6, 6.07) is 0. The number of esters is 2. The molecule has 0 spiro atoms. The summed E-state index contributed by atoms with van der Waals surface area (Å²) in [5.74, 6) is -1.08. The number of hydrogen-bond acceptors (Lipinski definition) is 4. The molecule has 0 N–H and O–H groups in total. The fraction of sp³-hybridized carbons (Fsp3) is 0.857. The Morgan fingerprint density at radius 3 is 2.35 bits per heavy atom. The lowest BCUT2D eigenvalue weighted by molar-refractivity contribution is -0.152. The van der Waals surface area contributed by atoms with Crippen LogP contribution >= 0.6 is 27.5 Å². The smallest absolute Gasteiger partial charge is 0.321 e. The summed E-state index contributed by atoms with van der Waals surface area (Å²) in [5.41, 5.74) is 0. The van der Waals surface area contributed by atoms with Crippen molar-refractivity contribution in [2.24, 2.45) is 0 Å². The number of hydrogen-bond donors (Lipinski definition) is 0. The minimum absolute atomic E-state index is 0.0592. The predicted octanol–water partition coefficient (Wildman–Crippen LogP) is 3.83. The molecule has 0 rings (SSSR count). The van der Waals surface area contributed by atoms with Gasteiger partial charge in [-0.15, -0.1) is 11.6 Å². The fourth-order valence-corrected chi connectivity index (χ4v) is 2.08. The zero-order valence-electron chi connectivity index (χ0n) is 12.0. The maximum absolute atomic E-state index is 11.6. The Morgan fingerprint density at radius 1 is 1.10 bits per heavy atom. The first-order valence-corrected chi connectivity index (χ1v) is 8.76. The van der Waals surface area contributed by atoms with Crippen LogP contribution in [0.15, 0.2) is 0 Å². The normalized spacial score (nSPS) is 11.9. The first kappa shape index (κ1) is 19.7. The number of unbranched alkanes of at least 4 members (excludes halogenated alkanes) is 5. The highest BCUT2D eigenvalue weighted by atomic mass is 79.9. The number of ether oxygens (including phenoxy) is 2. The van der Waals surface area contributed by atoms with Crippen LogP contribution in [0.3, 0.4) is 0 Å². The Morgan fingerprint density at radius 2 is 1.75 bits per heavy atom. The van der Waals surface area contributed by atoms with E-state index in [-0.39, 0.29) is 18.3 Å². The lowest BCUT2D eigenvalue weighted by Gasteiger charge is -2.14. The molecule has 0 radical (unpaired) electrons. The second-order valence-corrected chi connectivity index (χ2v) is 5.51. The van der Waals surface area contributed by atoms with E-state index in [0.29, 0.717) is 11.9 Å². The lowest BCUT2D eigenvalue weighted by atomic mass is 10.1. The van der Waals surface area contributed by atoms with Crippen molar-refractivity contribution >= 4 is 39.5 Å². The van der Waals surface area contributed by atoms with Gasteiger partial charge in [-0.05, 0) is 6.42 Å². The molecule has 0 fully saturated rings. The van der Waals surface area contributed by atoms with Gasteiger partial charge in [0.15, 0.2) is 0 Å². The summed E-state index contributed by atoms with van der Waals surface area (Å²) in [6.07, 6.45) is 6.42. The topological polar surface area (TPSA) is 52.6 Å². The van der Waals surface area contributed by atoms with Gasteiger partial charge < -0.3 is 9.47 Å². The monoisotopic (exact) mass is 370 g/mol. The van der Waals surface area contributed by atoms with Crippen molar-refractivity contribution in [3.63, 3.8) is 0 Å². The van der Waals surface area contributed by atoms with Gasteiger partial charge in [0.2, 0.25) is 0 Å². The van der Waals surface area contributed by atoms with Gasteiger partial charge in [-0.1, -0.05) is 55.0 Å². The second kappa shape index (κ2) is 13.7. The largest absolute Gasteiger partial charge is 0.466 e. The molecule has 0 heterocycles. The van der Waals surface area contributed by atoms with Crippen LogP contribution < -0.4 is 0 Å². The van der Waals surface area contributed by atoms with E-state index in [9.17, 15) is 9.59 Å². The van der Waals surface area contributed by atoms with Gasteiger partial charge >= 0.3 is 11.9 Å². The van der Waals surface area contributed by atoms with Crippen molar-refractivity contribution in [1.29, 1.82) is 0 Å². The van der Waals surface area contributed by atoms with Crippen LogP contribution in [0.1, 0.15) is 51.9 Å². The highest BCUT2D eigenvalue weighted by Crippen LogP contribution is 2.08. The summed E-state index contributed by atoms with van der Waals surface area (Å²) in [5, 5.41) is 0.391. The van der Waals surface area contributed by atoms with Crippen molar-refractivity contribution in [2.75, 3.05) is 17.8 Å². The number of halogens is 2. The van der Waals surface area contributed by atoms with Crippen molar-refractivity contribution in [2.45, 2.75) is 58.0 Å². The molecule has 1 atom stereocenters. The number of alkyl halides is 2. The molecule has 0 aliphatic rings. The molecule has 0 aliphatic carbocycles. The Balaban J connectivity index is 3.62. The van der Waals surface area contributed by atoms with Gasteiger partial charge in [-0.2, -0.15) is 0 Å². The van der Waals surface area contributed by atoms with Crippen LogP contribution in [0.2, 0.25) is 0 Å². The molecule has 1 unspecified atom stereocenters. The van der Waals surface area contributed by atoms with Crippen LogP contribution in [-0.2, 0) is 19.1 Å². The number of carbonyl (C=O) groups excluding carboxylic acids is 2. The molecular weight excluding hydrogens is 348 g/mol. The van der Waals surface area contributed by atoms with E-state index in [0.717, 1.165) is 12.8 Å². The molecule has 4 nitrogen and oxygen atoms in total. The Labute approximate surface area is 134 Å². The maximum atomic E-state index is 11.6. The molecule has 20 heavy (non-hydrogen) atoms. The Bertz CT molecular complexity index is 274. The van der Waals surface area contributed by atoms with Crippen molar-refractivity contribution in [3.05, 3.63) is 0 Å². The molecule has 6 heteroatoms. The summed E-state index contributed by atoms with van der Waals surface area (Å²) in [6.45, 7) is 2.61. The zero-order chi connectivity index (χ0) is 15.2. The van der Waals surface area contributed by atoms with Gasteiger partial charge in [0.1, 0.15) is 12.0 Å². The van der Waals surface area contributed by atoms with E-state index in [1.54, 1.807) is 0 Å². The van der Waals surface area contributed by atoms with Gasteiger partial charge in [0.25, 0.3) is 0 Å². The van der Waals surface area contributed by atoms with E-state index < -0.39 is 12.1 Å². The minimum Gasteiger partial charge on any atom is -0.466 e. The highest BCUT2D eigenvalue weighted by Gasteiger charge is 2.17. The van der Waals surface area contributed by atoms with E-state index in [1.807, 2.05) is 0 Å². The summed E-state index contributed by atoms with van der Waals surface area (Å²) < 4.78 is 10.1. The molecule has 0 bridgehead atoms. The number of carbonyl (C=O) groups is 2. The first-order chi connectivity index (χ1) is 9.63. The predicted molar refractivity (Wildman–Crippen MR) is 83.3 cm³/mol.